The van der Waals surface area contributed by atoms with Crippen LogP contribution < -0.4 is 15.8 Å². The largest absolute Gasteiger partial charge is 0.495 e. The summed E-state index contributed by atoms with van der Waals surface area (Å²) < 4.78 is 5.15. The fourth-order valence-electron chi connectivity index (χ4n) is 1.69. The Morgan fingerprint density at radius 2 is 2.12 bits per heavy atom. The summed E-state index contributed by atoms with van der Waals surface area (Å²) in [6.45, 7) is 6.70. The molecule has 0 radical (unpaired) electrons. The molecule has 0 heterocycles. The number of methoxy groups -OCH3 is 1. The molecular weight excluding hydrogens is 236 g/mol. The second kappa shape index (κ2) is 6.24. The predicted molar refractivity (Wildman–Crippen MR) is 73.0 cm³/mol. The number of rotatable bonds is 6. The Kier molecular flexibility index (Phi) is 5.25. The van der Waals surface area contributed by atoms with Crippen LogP contribution in [0.1, 0.15) is 19.4 Å². The van der Waals surface area contributed by atoms with Crippen molar-refractivity contribution in [3.05, 3.63) is 28.8 Å². The molecule has 0 fully saturated rings. The number of nitrogens with two attached hydrogens (primary N) is 1. The highest BCUT2D eigenvalue weighted by molar-refractivity contribution is 6.32. The molecule has 0 saturated carbocycles. The van der Waals surface area contributed by atoms with E-state index in [0.717, 1.165) is 13.1 Å². The van der Waals surface area contributed by atoms with Crippen LogP contribution in [-0.2, 0) is 5.41 Å². The van der Waals surface area contributed by atoms with E-state index in [-0.39, 0.29) is 5.41 Å². The maximum atomic E-state index is 6.13. The van der Waals surface area contributed by atoms with Gasteiger partial charge < -0.3 is 15.8 Å². The summed E-state index contributed by atoms with van der Waals surface area (Å²) in [7, 11) is 1.62. The van der Waals surface area contributed by atoms with Crippen molar-refractivity contribution in [1.29, 1.82) is 0 Å². The summed E-state index contributed by atoms with van der Waals surface area (Å²) in [5.74, 6) is 0.709. The normalized spacial score (nSPS) is 11.6. The van der Waals surface area contributed by atoms with Gasteiger partial charge in [-0.2, -0.15) is 0 Å². The molecule has 1 rings (SSSR count). The van der Waals surface area contributed by atoms with E-state index in [2.05, 4.69) is 25.2 Å². The van der Waals surface area contributed by atoms with Gasteiger partial charge in [0.2, 0.25) is 0 Å². The van der Waals surface area contributed by atoms with Gasteiger partial charge in [-0.25, -0.2) is 0 Å². The molecule has 3 N–H and O–H groups in total. The van der Waals surface area contributed by atoms with Crippen LogP contribution in [-0.4, -0.2) is 26.7 Å². The van der Waals surface area contributed by atoms with Crippen molar-refractivity contribution in [2.24, 2.45) is 5.73 Å². The van der Waals surface area contributed by atoms with Crippen molar-refractivity contribution in [1.82, 2.24) is 5.32 Å². The highest BCUT2D eigenvalue weighted by Gasteiger charge is 2.21. The monoisotopic (exact) mass is 256 g/mol. The molecule has 1 aromatic rings. The zero-order valence-corrected chi connectivity index (χ0v) is 11.5. The molecule has 0 unspecified atom stereocenters. The van der Waals surface area contributed by atoms with Gasteiger partial charge in [-0.3, -0.25) is 0 Å². The Balaban J connectivity index is 2.80. The minimum absolute atomic E-state index is 0.0189. The van der Waals surface area contributed by atoms with Crippen molar-refractivity contribution < 1.29 is 4.74 Å². The molecule has 0 saturated heterocycles. The first-order valence-corrected chi connectivity index (χ1v) is 6.14. The van der Waals surface area contributed by atoms with Crippen molar-refractivity contribution >= 4 is 11.6 Å². The number of hydrogen-bond acceptors (Lipinski definition) is 3. The number of halogens is 1. The van der Waals surface area contributed by atoms with E-state index < -0.39 is 0 Å². The van der Waals surface area contributed by atoms with Gasteiger partial charge in [0, 0.05) is 25.0 Å². The first-order valence-electron chi connectivity index (χ1n) is 5.76. The summed E-state index contributed by atoms with van der Waals surface area (Å²) >= 11 is 6.13. The van der Waals surface area contributed by atoms with E-state index in [1.54, 1.807) is 7.11 Å². The predicted octanol–water partition coefficient (Wildman–Crippen LogP) is 2.17. The highest BCUT2D eigenvalue weighted by atomic mass is 35.5. The van der Waals surface area contributed by atoms with Crippen LogP contribution in [0.5, 0.6) is 5.75 Å². The van der Waals surface area contributed by atoms with Gasteiger partial charge in [0.25, 0.3) is 0 Å². The Morgan fingerprint density at radius 1 is 1.41 bits per heavy atom. The van der Waals surface area contributed by atoms with Gasteiger partial charge in [0.05, 0.1) is 12.1 Å². The molecule has 0 aromatic heterocycles. The summed E-state index contributed by atoms with van der Waals surface area (Å²) in [6, 6.07) is 5.92. The average molecular weight is 257 g/mol. The summed E-state index contributed by atoms with van der Waals surface area (Å²) in [5, 5.41) is 3.97. The zero-order chi connectivity index (χ0) is 12.9. The molecule has 4 heteroatoms. The van der Waals surface area contributed by atoms with Gasteiger partial charge in [-0.1, -0.05) is 31.5 Å². The van der Waals surface area contributed by atoms with Gasteiger partial charge in [0.15, 0.2) is 0 Å². The number of ether oxygens (including phenoxy) is 1. The van der Waals surface area contributed by atoms with Crippen LogP contribution in [0, 0.1) is 0 Å². The Labute approximate surface area is 108 Å². The van der Waals surface area contributed by atoms with Gasteiger partial charge in [-0.15, -0.1) is 0 Å². The van der Waals surface area contributed by atoms with E-state index in [4.69, 9.17) is 22.1 Å². The fourth-order valence-corrected chi connectivity index (χ4v) is 1.95. The highest BCUT2D eigenvalue weighted by Crippen LogP contribution is 2.30. The van der Waals surface area contributed by atoms with E-state index in [1.807, 2.05) is 12.1 Å². The second-order valence-corrected chi connectivity index (χ2v) is 5.11. The molecule has 17 heavy (non-hydrogen) atoms. The third kappa shape index (κ3) is 3.87. The molecule has 0 bridgehead atoms. The fraction of sp³-hybridized carbons (Fsp3) is 0.538. The van der Waals surface area contributed by atoms with Crippen LogP contribution in [0.2, 0.25) is 5.02 Å². The lowest BCUT2D eigenvalue weighted by atomic mass is 9.84. The second-order valence-electron chi connectivity index (χ2n) is 4.70. The summed E-state index contributed by atoms with van der Waals surface area (Å²) in [6.07, 6.45) is 0. The van der Waals surface area contributed by atoms with Crippen molar-refractivity contribution in [3.63, 3.8) is 0 Å². The molecule has 3 nitrogen and oxygen atoms in total. The Bertz CT molecular complexity index is 366. The standard InChI is InChI=1S/C13H21ClN2O/c1-13(2,9-16-7-6-15)10-4-5-12(17-3)11(14)8-10/h4-5,8,16H,6-7,9,15H2,1-3H3. The molecular formula is C13H21ClN2O. The number of hydrogen-bond donors (Lipinski definition) is 2. The lowest BCUT2D eigenvalue weighted by Crippen LogP contribution is -2.35. The first-order chi connectivity index (χ1) is 8.01. The quantitative estimate of drug-likeness (QED) is 0.767. The smallest absolute Gasteiger partial charge is 0.137 e. The topological polar surface area (TPSA) is 47.3 Å². The van der Waals surface area contributed by atoms with Crippen molar-refractivity contribution in [2.75, 3.05) is 26.7 Å². The molecule has 0 aliphatic heterocycles. The van der Waals surface area contributed by atoms with Crippen molar-refractivity contribution in [3.8, 4) is 5.75 Å². The molecule has 0 amide bonds. The summed E-state index contributed by atoms with van der Waals surface area (Å²) in [4.78, 5) is 0. The maximum absolute atomic E-state index is 6.13. The Morgan fingerprint density at radius 3 is 2.65 bits per heavy atom. The maximum Gasteiger partial charge on any atom is 0.137 e. The zero-order valence-electron chi connectivity index (χ0n) is 10.7. The molecule has 0 spiro atoms. The van der Waals surface area contributed by atoms with E-state index in [1.165, 1.54) is 5.56 Å². The minimum atomic E-state index is 0.0189. The molecule has 96 valence electrons. The van der Waals surface area contributed by atoms with Crippen LogP contribution in [0.3, 0.4) is 0 Å². The third-order valence-corrected chi connectivity index (χ3v) is 3.12. The minimum Gasteiger partial charge on any atom is -0.495 e. The van der Waals surface area contributed by atoms with Gasteiger partial charge in [-0.05, 0) is 17.7 Å². The van der Waals surface area contributed by atoms with E-state index in [0.29, 0.717) is 17.3 Å². The Hall–Kier alpha value is -0.770. The molecule has 0 aliphatic rings. The van der Waals surface area contributed by atoms with Gasteiger partial charge >= 0.3 is 0 Å². The average Bonchev–Trinajstić information content (AvgIpc) is 2.29. The van der Waals surface area contributed by atoms with Crippen LogP contribution in [0.4, 0.5) is 0 Å². The van der Waals surface area contributed by atoms with E-state index >= 15 is 0 Å². The summed E-state index contributed by atoms with van der Waals surface area (Å²) in [5.41, 5.74) is 6.67. The van der Waals surface area contributed by atoms with Crippen LogP contribution in [0.15, 0.2) is 18.2 Å². The van der Waals surface area contributed by atoms with E-state index in [9.17, 15) is 0 Å². The SMILES string of the molecule is COc1ccc(C(C)(C)CNCCN)cc1Cl. The number of nitrogens with one attached hydrogen (secondary N) is 1. The lowest BCUT2D eigenvalue weighted by Gasteiger charge is -2.26. The lowest BCUT2D eigenvalue weighted by molar-refractivity contribution is 0.413. The first kappa shape index (κ1) is 14.3. The van der Waals surface area contributed by atoms with Crippen LogP contribution >= 0.6 is 11.6 Å². The van der Waals surface area contributed by atoms with Crippen molar-refractivity contribution in [2.45, 2.75) is 19.3 Å². The molecule has 1 aromatic carbocycles. The number of benzene rings is 1. The van der Waals surface area contributed by atoms with Gasteiger partial charge in [0.1, 0.15) is 5.75 Å². The third-order valence-electron chi connectivity index (χ3n) is 2.82. The van der Waals surface area contributed by atoms with Crippen LogP contribution in [0.25, 0.3) is 0 Å². The molecule has 0 atom stereocenters. The molecule has 0 aliphatic carbocycles.